The van der Waals surface area contributed by atoms with Crippen molar-refractivity contribution in [1.82, 2.24) is 19.9 Å². The third-order valence-electron chi connectivity index (χ3n) is 4.87. The van der Waals surface area contributed by atoms with E-state index in [9.17, 15) is 4.79 Å². The SMILES string of the molecule is CC(CCCCNC(=O)OC(C)(C)C)n1c(N)nc2cccc(-c3cccnc3)c21. The van der Waals surface area contributed by atoms with Crippen molar-refractivity contribution in [2.24, 2.45) is 0 Å². The average Bonchev–Trinajstić information content (AvgIpc) is 3.02. The van der Waals surface area contributed by atoms with Crippen molar-refractivity contribution in [2.45, 2.75) is 58.6 Å². The molecule has 1 aromatic carbocycles. The summed E-state index contributed by atoms with van der Waals surface area (Å²) >= 11 is 0. The monoisotopic (exact) mass is 409 g/mol. The predicted octanol–water partition coefficient (Wildman–Crippen LogP) is 4.94. The van der Waals surface area contributed by atoms with Crippen LogP contribution in [0.5, 0.6) is 0 Å². The summed E-state index contributed by atoms with van der Waals surface area (Å²) in [7, 11) is 0. The normalized spacial score (nSPS) is 12.7. The van der Waals surface area contributed by atoms with Gasteiger partial charge in [-0.2, -0.15) is 0 Å². The van der Waals surface area contributed by atoms with Crippen LogP contribution in [0.1, 0.15) is 53.0 Å². The molecule has 3 N–H and O–H groups in total. The lowest BCUT2D eigenvalue weighted by molar-refractivity contribution is 0.0527. The molecule has 7 heteroatoms. The van der Waals surface area contributed by atoms with Gasteiger partial charge >= 0.3 is 6.09 Å². The van der Waals surface area contributed by atoms with Gasteiger partial charge < -0.3 is 20.4 Å². The number of rotatable bonds is 7. The second-order valence-corrected chi connectivity index (χ2v) is 8.53. The molecule has 0 aliphatic heterocycles. The Kier molecular flexibility index (Phi) is 6.59. The van der Waals surface area contributed by atoms with E-state index in [1.54, 1.807) is 6.20 Å². The number of fused-ring (bicyclic) bond motifs is 1. The fraction of sp³-hybridized carbons (Fsp3) is 0.435. The molecule has 3 aromatic rings. The van der Waals surface area contributed by atoms with E-state index in [2.05, 4.69) is 32.8 Å². The summed E-state index contributed by atoms with van der Waals surface area (Å²) < 4.78 is 7.37. The number of benzene rings is 1. The van der Waals surface area contributed by atoms with Crippen molar-refractivity contribution in [3.05, 3.63) is 42.7 Å². The Bertz CT molecular complexity index is 992. The summed E-state index contributed by atoms with van der Waals surface area (Å²) in [6.07, 6.45) is 5.99. The van der Waals surface area contributed by atoms with Gasteiger partial charge in [0.15, 0.2) is 0 Å². The standard InChI is InChI=1S/C23H31N5O2/c1-16(9-5-6-14-26-22(29)30-23(2,3)4)28-20-18(17-10-8-13-25-15-17)11-7-12-19(20)27-21(28)24/h7-8,10-13,15-16H,5-6,9,14H2,1-4H3,(H2,24,27)(H,26,29). The first-order chi connectivity index (χ1) is 14.3. The Balaban J connectivity index is 1.66. The van der Waals surface area contributed by atoms with Gasteiger partial charge in [-0.3, -0.25) is 4.98 Å². The minimum Gasteiger partial charge on any atom is -0.444 e. The summed E-state index contributed by atoms with van der Waals surface area (Å²) in [4.78, 5) is 20.6. The van der Waals surface area contributed by atoms with Crippen LogP contribution in [0.4, 0.5) is 10.7 Å². The largest absolute Gasteiger partial charge is 0.444 e. The van der Waals surface area contributed by atoms with Gasteiger partial charge in [0.25, 0.3) is 0 Å². The van der Waals surface area contributed by atoms with E-state index in [0.29, 0.717) is 12.5 Å². The van der Waals surface area contributed by atoms with Crippen molar-refractivity contribution in [1.29, 1.82) is 0 Å². The molecule has 1 amide bonds. The molecule has 0 saturated carbocycles. The van der Waals surface area contributed by atoms with Crippen LogP contribution < -0.4 is 11.1 Å². The van der Waals surface area contributed by atoms with Crippen molar-refractivity contribution in [3.63, 3.8) is 0 Å². The Labute approximate surface area is 177 Å². The van der Waals surface area contributed by atoms with Crippen LogP contribution in [0, 0.1) is 0 Å². The van der Waals surface area contributed by atoms with Gasteiger partial charge in [0.2, 0.25) is 5.95 Å². The lowest BCUT2D eigenvalue weighted by Crippen LogP contribution is -2.33. The first kappa shape index (κ1) is 21.6. The fourth-order valence-electron chi connectivity index (χ4n) is 3.57. The third-order valence-corrected chi connectivity index (χ3v) is 4.87. The Morgan fingerprint density at radius 1 is 1.23 bits per heavy atom. The number of hydrogen-bond donors (Lipinski definition) is 2. The van der Waals surface area contributed by atoms with E-state index >= 15 is 0 Å². The third kappa shape index (κ3) is 5.28. The number of carbonyl (C=O) groups is 1. The van der Waals surface area contributed by atoms with E-state index < -0.39 is 5.60 Å². The maximum absolute atomic E-state index is 11.7. The summed E-state index contributed by atoms with van der Waals surface area (Å²) in [6, 6.07) is 10.2. The molecule has 0 radical (unpaired) electrons. The van der Waals surface area contributed by atoms with Gasteiger partial charge in [-0.05, 0) is 59.1 Å². The number of nitrogens with zero attached hydrogens (tertiary/aromatic N) is 3. The topological polar surface area (TPSA) is 95.1 Å². The highest BCUT2D eigenvalue weighted by Gasteiger charge is 2.18. The first-order valence-electron chi connectivity index (χ1n) is 10.4. The molecule has 0 aliphatic rings. The average molecular weight is 410 g/mol. The molecule has 7 nitrogen and oxygen atoms in total. The summed E-state index contributed by atoms with van der Waals surface area (Å²) in [5.41, 5.74) is 9.84. The minimum absolute atomic E-state index is 0.175. The van der Waals surface area contributed by atoms with Gasteiger partial charge in [-0.1, -0.05) is 18.2 Å². The fourth-order valence-corrected chi connectivity index (χ4v) is 3.57. The van der Waals surface area contributed by atoms with Crippen LogP contribution >= 0.6 is 0 Å². The van der Waals surface area contributed by atoms with Gasteiger partial charge in [-0.15, -0.1) is 0 Å². The number of para-hydroxylation sites is 1. The van der Waals surface area contributed by atoms with E-state index in [1.807, 2.05) is 51.2 Å². The number of amides is 1. The van der Waals surface area contributed by atoms with Crippen molar-refractivity contribution in [3.8, 4) is 11.1 Å². The van der Waals surface area contributed by atoms with Crippen molar-refractivity contribution >= 4 is 23.1 Å². The number of nitrogens with one attached hydrogen (secondary N) is 1. The summed E-state index contributed by atoms with van der Waals surface area (Å²) in [6.45, 7) is 8.30. The number of aromatic nitrogens is 3. The van der Waals surface area contributed by atoms with E-state index in [0.717, 1.165) is 41.4 Å². The minimum atomic E-state index is -0.482. The molecule has 1 unspecified atom stereocenters. The Morgan fingerprint density at radius 3 is 2.73 bits per heavy atom. The van der Waals surface area contributed by atoms with E-state index in [1.165, 1.54) is 0 Å². The zero-order valence-electron chi connectivity index (χ0n) is 18.2. The number of imidazole rings is 1. The maximum atomic E-state index is 11.7. The number of ether oxygens (including phenoxy) is 1. The lowest BCUT2D eigenvalue weighted by Gasteiger charge is -2.20. The van der Waals surface area contributed by atoms with Crippen LogP contribution in [-0.2, 0) is 4.74 Å². The zero-order chi connectivity index (χ0) is 21.7. The quantitative estimate of drug-likeness (QED) is 0.539. The number of hydrogen-bond acceptors (Lipinski definition) is 5. The number of carbonyl (C=O) groups excluding carboxylic acids is 1. The van der Waals surface area contributed by atoms with E-state index in [-0.39, 0.29) is 12.1 Å². The molecule has 0 saturated heterocycles. The zero-order valence-corrected chi connectivity index (χ0v) is 18.2. The molecular formula is C23H31N5O2. The van der Waals surface area contributed by atoms with Crippen LogP contribution in [0.15, 0.2) is 42.7 Å². The summed E-state index contributed by atoms with van der Waals surface area (Å²) in [5.74, 6) is 0.515. The molecule has 160 valence electrons. The smallest absolute Gasteiger partial charge is 0.407 e. The van der Waals surface area contributed by atoms with Crippen LogP contribution in [0.25, 0.3) is 22.2 Å². The number of unbranched alkanes of at least 4 members (excludes halogenated alkanes) is 1. The van der Waals surface area contributed by atoms with Gasteiger partial charge in [0.1, 0.15) is 5.60 Å². The molecule has 0 fully saturated rings. The molecule has 0 bridgehead atoms. The second-order valence-electron chi connectivity index (χ2n) is 8.53. The number of alkyl carbamates (subject to hydrolysis) is 1. The Morgan fingerprint density at radius 2 is 2.03 bits per heavy atom. The Hall–Kier alpha value is -3.09. The number of nitrogens with two attached hydrogens (primary N) is 1. The number of anilines is 1. The van der Waals surface area contributed by atoms with Gasteiger partial charge in [0.05, 0.1) is 11.0 Å². The molecule has 30 heavy (non-hydrogen) atoms. The second kappa shape index (κ2) is 9.15. The summed E-state index contributed by atoms with van der Waals surface area (Å²) in [5, 5.41) is 2.81. The van der Waals surface area contributed by atoms with Crippen LogP contribution in [-0.4, -0.2) is 32.8 Å². The molecule has 0 aliphatic carbocycles. The highest BCUT2D eigenvalue weighted by molar-refractivity contribution is 5.93. The molecule has 0 spiro atoms. The molecule has 2 aromatic heterocycles. The number of pyridine rings is 1. The van der Waals surface area contributed by atoms with Gasteiger partial charge in [-0.25, -0.2) is 9.78 Å². The molecule has 2 heterocycles. The highest BCUT2D eigenvalue weighted by atomic mass is 16.6. The van der Waals surface area contributed by atoms with Crippen molar-refractivity contribution in [2.75, 3.05) is 12.3 Å². The molecule has 3 rings (SSSR count). The van der Waals surface area contributed by atoms with E-state index in [4.69, 9.17) is 10.5 Å². The molecule has 1 atom stereocenters. The number of nitrogen functional groups attached to an aromatic ring is 1. The molecular weight excluding hydrogens is 378 g/mol. The van der Waals surface area contributed by atoms with Crippen LogP contribution in [0.2, 0.25) is 0 Å². The van der Waals surface area contributed by atoms with Crippen molar-refractivity contribution < 1.29 is 9.53 Å². The lowest BCUT2D eigenvalue weighted by atomic mass is 10.0. The highest BCUT2D eigenvalue weighted by Crippen LogP contribution is 2.33. The van der Waals surface area contributed by atoms with Gasteiger partial charge in [0, 0.05) is 36.1 Å². The predicted molar refractivity (Wildman–Crippen MR) is 120 cm³/mol. The maximum Gasteiger partial charge on any atom is 0.407 e. The van der Waals surface area contributed by atoms with Crippen LogP contribution in [0.3, 0.4) is 0 Å². The first-order valence-corrected chi connectivity index (χ1v) is 10.4.